The van der Waals surface area contributed by atoms with Crippen molar-refractivity contribution in [1.82, 2.24) is 0 Å². The van der Waals surface area contributed by atoms with E-state index in [0.717, 1.165) is 16.8 Å². The van der Waals surface area contributed by atoms with E-state index in [0.29, 0.717) is 0 Å². The van der Waals surface area contributed by atoms with Crippen molar-refractivity contribution in [3.8, 4) is 0 Å². The van der Waals surface area contributed by atoms with Gasteiger partial charge in [-0.3, -0.25) is 0 Å². The maximum absolute atomic E-state index is 4.67. The van der Waals surface area contributed by atoms with Crippen LogP contribution in [0.2, 0.25) is 0 Å². The molecule has 1 rings (SSSR count). The molecule has 0 bridgehead atoms. The molecule has 13 heavy (non-hydrogen) atoms. The van der Waals surface area contributed by atoms with Gasteiger partial charge in [0.1, 0.15) is 7.11 Å². The summed E-state index contributed by atoms with van der Waals surface area (Å²) in [5.74, 6) is 0. The molecule has 0 saturated carbocycles. The van der Waals surface area contributed by atoms with Crippen LogP contribution in [-0.2, 0) is 4.84 Å². The normalized spacial score (nSPS) is 11.1. The highest BCUT2D eigenvalue weighted by atomic mass is 16.6. The molecule has 0 fully saturated rings. The Labute approximate surface area is 78.5 Å². The van der Waals surface area contributed by atoms with Crippen molar-refractivity contribution >= 4 is 11.3 Å². The fraction of sp³-hybridized carbons (Fsp3) is 0.182. The first-order valence-corrected chi connectivity index (χ1v) is 4.08. The number of benzene rings is 1. The van der Waals surface area contributed by atoms with Gasteiger partial charge in [0.05, 0.1) is 5.71 Å². The van der Waals surface area contributed by atoms with Crippen molar-refractivity contribution < 1.29 is 4.84 Å². The second-order valence-corrected chi connectivity index (χ2v) is 2.70. The van der Waals surface area contributed by atoms with Crippen LogP contribution in [-0.4, -0.2) is 12.8 Å². The molecule has 0 saturated heterocycles. The van der Waals surface area contributed by atoms with Crippen LogP contribution in [0.3, 0.4) is 0 Å². The molecule has 0 atom stereocenters. The molecule has 1 aromatic carbocycles. The third-order valence-electron chi connectivity index (χ3n) is 1.79. The fourth-order valence-corrected chi connectivity index (χ4v) is 1.04. The van der Waals surface area contributed by atoms with Crippen LogP contribution in [0.5, 0.6) is 0 Å². The number of hydrogen-bond donors (Lipinski definition) is 0. The van der Waals surface area contributed by atoms with Crippen LogP contribution in [0.25, 0.3) is 5.57 Å². The van der Waals surface area contributed by atoms with Crippen molar-refractivity contribution in [3.63, 3.8) is 0 Å². The highest BCUT2D eigenvalue weighted by molar-refractivity contribution is 6.21. The standard InChI is InChI=1S/C11H13NO/c1-9(10(2)12-13-3)11-7-5-4-6-8-11/h4-8H,1H2,2-3H3/b12-10-. The summed E-state index contributed by atoms with van der Waals surface area (Å²) in [6.45, 7) is 5.81. The molecule has 2 heteroatoms. The van der Waals surface area contributed by atoms with Crippen molar-refractivity contribution in [2.45, 2.75) is 6.92 Å². The minimum absolute atomic E-state index is 0.800. The Morgan fingerprint density at radius 3 is 2.46 bits per heavy atom. The lowest BCUT2D eigenvalue weighted by atomic mass is 10.0. The van der Waals surface area contributed by atoms with Gasteiger partial charge in [0.2, 0.25) is 0 Å². The van der Waals surface area contributed by atoms with E-state index in [2.05, 4.69) is 16.6 Å². The molecule has 1 aromatic rings. The first-order valence-electron chi connectivity index (χ1n) is 4.08. The van der Waals surface area contributed by atoms with E-state index < -0.39 is 0 Å². The van der Waals surface area contributed by atoms with E-state index >= 15 is 0 Å². The summed E-state index contributed by atoms with van der Waals surface area (Å²) in [6.07, 6.45) is 0. The SMILES string of the molecule is C=C(/C(C)=N\OC)c1ccccc1. The minimum Gasteiger partial charge on any atom is -0.399 e. The van der Waals surface area contributed by atoms with Crippen molar-refractivity contribution in [3.05, 3.63) is 42.5 Å². The van der Waals surface area contributed by atoms with Crippen molar-refractivity contribution in [2.75, 3.05) is 7.11 Å². The van der Waals surface area contributed by atoms with Crippen LogP contribution >= 0.6 is 0 Å². The van der Waals surface area contributed by atoms with Gasteiger partial charge in [0.25, 0.3) is 0 Å². The summed E-state index contributed by atoms with van der Waals surface area (Å²) in [5, 5.41) is 3.82. The number of allylic oxidation sites excluding steroid dienone is 1. The molecule has 0 amide bonds. The molecule has 0 heterocycles. The molecular formula is C11H13NO. The Balaban J connectivity index is 2.86. The summed E-state index contributed by atoms with van der Waals surface area (Å²) < 4.78 is 0. The van der Waals surface area contributed by atoms with E-state index in [9.17, 15) is 0 Å². The third-order valence-corrected chi connectivity index (χ3v) is 1.79. The van der Waals surface area contributed by atoms with Gasteiger partial charge in [-0.1, -0.05) is 42.1 Å². The lowest BCUT2D eigenvalue weighted by Gasteiger charge is -2.03. The minimum atomic E-state index is 0.800. The van der Waals surface area contributed by atoms with Crippen LogP contribution in [0.1, 0.15) is 12.5 Å². The van der Waals surface area contributed by atoms with E-state index in [1.54, 1.807) is 0 Å². The van der Waals surface area contributed by atoms with Crippen molar-refractivity contribution in [1.29, 1.82) is 0 Å². The smallest absolute Gasteiger partial charge is 0.106 e. The van der Waals surface area contributed by atoms with E-state index in [-0.39, 0.29) is 0 Å². The summed E-state index contributed by atoms with van der Waals surface area (Å²) in [7, 11) is 1.53. The highest BCUT2D eigenvalue weighted by Crippen LogP contribution is 2.13. The molecule has 0 N–H and O–H groups in total. The van der Waals surface area contributed by atoms with E-state index in [4.69, 9.17) is 0 Å². The molecule has 0 aliphatic carbocycles. The van der Waals surface area contributed by atoms with Crippen LogP contribution in [0.4, 0.5) is 0 Å². The summed E-state index contributed by atoms with van der Waals surface area (Å²) >= 11 is 0. The molecule has 0 aliphatic rings. The Kier molecular flexibility index (Phi) is 3.26. The maximum Gasteiger partial charge on any atom is 0.106 e. The Bertz CT molecular complexity index is 314. The Morgan fingerprint density at radius 2 is 1.92 bits per heavy atom. The van der Waals surface area contributed by atoms with Gasteiger partial charge in [-0.2, -0.15) is 0 Å². The Hall–Kier alpha value is -1.57. The zero-order valence-electron chi connectivity index (χ0n) is 7.95. The first-order chi connectivity index (χ1) is 6.25. The average molecular weight is 175 g/mol. The third kappa shape index (κ3) is 2.44. The van der Waals surface area contributed by atoms with E-state index in [1.807, 2.05) is 37.3 Å². The number of nitrogens with zero attached hydrogens (tertiary/aromatic N) is 1. The van der Waals surface area contributed by atoms with Gasteiger partial charge < -0.3 is 4.84 Å². The molecular weight excluding hydrogens is 162 g/mol. The fourth-order valence-electron chi connectivity index (χ4n) is 1.04. The molecule has 0 unspecified atom stereocenters. The quantitative estimate of drug-likeness (QED) is 0.511. The Morgan fingerprint density at radius 1 is 1.31 bits per heavy atom. The summed E-state index contributed by atoms with van der Waals surface area (Å²) in [4.78, 5) is 4.67. The summed E-state index contributed by atoms with van der Waals surface area (Å²) in [5.41, 5.74) is 2.76. The van der Waals surface area contributed by atoms with Gasteiger partial charge >= 0.3 is 0 Å². The molecule has 0 aromatic heterocycles. The lowest BCUT2D eigenvalue weighted by Crippen LogP contribution is -1.95. The van der Waals surface area contributed by atoms with Gasteiger partial charge in [-0.15, -0.1) is 0 Å². The van der Waals surface area contributed by atoms with E-state index in [1.165, 1.54) is 7.11 Å². The molecule has 2 nitrogen and oxygen atoms in total. The predicted molar refractivity (Wildman–Crippen MR) is 55.6 cm³/mol. The molecule has 0 aliphatic heterocycles. The number of oxime groups is 1. The predicted octanol–water partition coefficient (Wildman–Crippen LogP) is 2.72. The molecule has 0 radical (unpaired) electrons. The lowest BCUT2D eigenvalue weighted by molar-refractivity contribution is 0.214. The zero-order chi connectivity index (χ0) is 9.68. The maximum atomic E-state index is 4.67. The number of hydrogen-bond acceptors (Lipinski definition) is 2. The molecule has 0 spiro atoms. The monoisotopic (exact) mass is 175 g/mol. The largest absolute Gasteiger partial charge is 0.399 e. The van der Waals surface area contributed by atoms with Gasteiger partial charge in [0.15, 0.2) is 0 Å². The van der Waals surface area contributed by atoms with Crippen molar-refractivity contribution in [2.24, 2.45) is 5.16 Å². The van der Waals surface area contributed by atoms with Gasteiger partial charge in [0, 0.05) is 0 Å². The first kappa shape index (κ1) is 9.52. The topological polar surface area (TPSA) is 21.6 Å². The van der Waals surface area contributed by atoms with Gasteiger partial charge in [-0.05, 0) is 18.1 Å². The molecule has 68 valence electrons. The summed E-state index contributed by atoms with van der Waals surface area (Å²) in [6, 6.07) is 9.91. The van der Waals surface area contributed by atoms with Crippen LogP contribution in [0, 0.1) is 0 Å². The average Bonchev–Trinajstić information content (AvgIpc) is 2.18. The number of rotatable bonds is 3. The van der Waals surface area contributed by atoms with Gasteiger partial charge in [-0.25, -0.2) is 0 Å². The highest BCUT2D eigenvalue weighted by Gasteiger charge is 2.01. The second-order valence-electron chi connectivity index (χ2n) is 2.70. The second kappa shape index (κ2) is 4.45. The zero-order valence-corrected chi connectivity index (χ0v) is 7.95. The van der Waals surface area contributed by atoms with Crippen LogP contribution < -0.4 is 0 Å². The van der Waals surface area contributed by atoms with Crippen LogP contribution in [0.15, 0.2) is 42.1 Å².